The largest absolute Gasteiger partial charge is 0.340 e. The van der Waals surface area contributed by atoms with Crippen LogP contribution in [0.4, 0.5) is 11.5 Å². The molecule has 0 radical (unpaired) electrons. The highest BCUT2D eigenvalue weighted by atomic mass is 16.2. The highest BCUT2D eigenvalue weighted by molar-refractivity contribution is 5.74. The lowest BCUT2D eigenvalue weighted by Gasteiger charge is -2.37. The molecule has 4 aromatic heterocycles. The van der Waals surface area contributed by atoms with Crippen LogP contribution in [-0.2, 0) is 11.8 Å². The maximum atomic E-state index is 12.2. The number of amides is 1. The maximum absolute atomic E-state index is 12.2. The molecule has 0 aliphatic carbocycles. The molecule has 9 heteroatoms. The van der Waals surface area contributed by atoms with Gasteiger partial charge in [-0.15, -0.1) is 0 Å². The SMILES string of the molecule is CC(=O)N1C[C@H](c2nc(Nc3cc(C)nc(-c4cnn(C)c4)c3)cc(-c3cccnc3)n2)CC[C@@H]1C. The van der Waals surface area contributed by atoms with Gasteiger partial charge in [-0.25, -0.2) is 9.97 Å². The Morgan fingerprint density at radius 1 is 1.06 bits per heavy atom. The van der Waals surface area contributed by atoms with Crippen LogP contribution in [0.1, 0.15) is 44.1 Å². The normalized spacial score (nSPS) is 17.7. The summed E-state index contributed by atoms with van der Waals surface area (Å²) in [6.07, 6.45) is 9.15. The Balaban J connectivity index is 1.52. The molecule has 1 fully saturated rings. The van der Waals surface area contributed by atoms with Gasteiger partial charge in [-0.2, -0.15) is 5.10 Å². The summed E-state index contributed by atoms with van der Waals surface area (Å²) < 4.78 is 1.76. The predicted octanol–water partition coefficient (Wildman–Crippen LogP) is 4.50. The fourth-order valence-corrected chi connectivity index (χ4v) is 4.72. The van der Waals surface area contributed by atoms with Crippen LogP contribution in [0.2, 0.25) is 0 Å². The molecule has 1 N–H and O–H groups in total. The summed E-state index contributed by atoms with van der Waals surface area (Å²) in [4.78, 5) is 32.9. The third-order valence-corrected chi connectivity index (χ3v) is 6.58. The number of carbonyl (C=O) groups is 1. The van der Waals surface area contributed by atoms with Gasteiger partial charge in [-0.05, 0) is 51.0 Å². The number of piperidine rings is 1. The van der Waals surface area contributed by atoms with Crippen molar-refractivity contribution in [3.63, 3.8) is 0 Å². The zero-order valence-corrected chi connectivity index (χ0v) is 21.0. The van der Waals surface area contributed by atoms with E-state index < -0.39 is 0 Å². The molecule has 1 saturated heterocycles. The number of likely N-dealkylation sites (tertiary alicyclic amines) is 1. The second kappa shape index (κ2) is 9.85. The van der Waals surface area contributed by atoms with Crippen LogP contribution < -0.4 is 5.32 Å². The van der Waals surface area contributed by atoms with Crippen molar-refractivity contribution in [2.45, 2.75) is 45.6 Å². The van der Waals surface area contributed by atoms with Crippen LogP contribution >= 0.6 is 0 Å². The van der Waals surface area contributed by atoms with Crippen molar-refractivity contribution < 1.29 is 4.79 Å². The fourth-order valence-electron chi connectivity index (χ4n) is 4.72. The molecule has 0 bridgehead atoms. The van der Waals surface area contributed by atoms with E-state index in [1.54, 1.807) is 30.2 Å². The summed E-state index contributed by atoms with van der Waals surface area (Å²) in [6, 6.07) is 10.0. The number of anilines is 2. The van der Waals surface area contributed by atoms with Crippen LogP contribution in [0.25, 0.3) is 22.5 Å². The van der Waals surface area contributed by atoms with E-state index in [1.807, 2.05) is 55.4 Å². The number of rotatable bonds is 5. The first-order valence-corrected chi connectivity index (χ1v) is 12.2. The smallest absolute Gasteiger partial charge is 0.219 e. The van der Waals surface area contributed by atoms with Gasteiger partial charge in [0.2, 0.25) is 5.91 Å². The first-order valence-electron chi connectivity index (χ1n) is 12.2. The Labute approximate surface area is 210 Å². The minimum absolute atomic E-state index is 0.0624. The summed E-state index contributed by atoms with van der Waals surface area (Å²) in [5, 5.41) is 7.75. The minimum atomic E-state index is 0.0624. The molecule has 9 nitrogen and oxygen atoms in total. The van der Waals surface area contributed by atoms with Crippen molar-refractivity contribution in [2.75, 3.05) is 11.9 Å². The van der Waals surface area contributed by atoms with Crippen molar-refractivity contribution in [3.8, 4) is 22.5 Å². The number of hydrogen-bond donors (Lipinski definition) is 1. The zero-order valence-electron chi connectivity index (χ0n) is 21.0. The quantitative estimate of drug-likeness (QED) is 0.447. The van der Waals surface area contributed by atoms with Crippen molar-refractivity contribution in [1.82, 2.24) is 34.6 Å². The number of pyridine rings is 2. The van der Waals surface area contributed by atoms with Gasteiger partial charge in [0, 0.05) is 79.6 Å². The third-order valence-electron chi connectivity index (χ3n) is 6.58. The third kappa shape index (κ3) is 5.10. The number of aromatic nitrogens is 6. The summed E-state index contributed by atoms with van der Waals surface area (Å²) in [5.41, 5.74) is 5.26. The summed E-state index contributed by atoms with van der Waals surface area (Å²) in [6.45, 7) is 6.32. The average molecular weight is 483 g/mol. The molecular formula is C27H30N8O. The molecule has 5 rings (SSSR count). The van der Waals surface area contributed by atoms with Gasteiger partial charge >= 0.3 is 0 Å². The second-order valence-corrected chi connectivity index (χ2v) is 9.44. The standard InChI is InChI=1S/C27H30N8O/c1-17-10-23(11-24(30-17)22-14-29-34(4)15-22)31-26-12-25(20-6-5-9-28-13-20)32-27(33-26)21-8-7-18(2)35(16-21)19(3)36/h5-6,9-15,18,21H,7-8,16H2,1-4H3,(H,30,31,32,33)/t18-,21+/m0/s1. The van der Waals surface area contributed by atoms with Gasteiger partial charge < -0.3 is 10.2 Å². The Bertz CT molecular complexity index is 1380. The molecular weight excluding hydrogens is 452 g/mol. The Morgan fingerprint density at radius 3 is 2.61 bits per heavy atom. The van der Waals surface area contributed by atoms with Gasteiger partial charge in [-0.3, -0.25) is 19.4 Å². The predicted molar refractivity (Wildman–Crippen MR) is 139 cm³/mol. The number of nitrogens with zero attached hydrogens (tertiary/aromatic N) is 7. The Kier molecular flexibility index (Phi) is 6.45. The molecule has 1 aliphatic heterocycles. The van der Waals surface area contributed by atoms with Gasteiger partial charge in [-0.1, -0.05) is 0 Å². The molecule has 1 aliphatic rings. The van der Waals surface area contributed by atoms with Crippen LogP contribution in [-0.4, -0.2) is 53.1 Å². The number of aryl methyl sites for hydroxylation is 2. The van der Waals surface area contributed by atoms with E-state index in [0.717, 1.165) is 52.6 Å². The molecule has 0 unspecified atom stereocenters. The van der Waals surface area contributed by atoms with Crippen molar-refractivity contribution in [2.24, 2.45) is 7.05 Å². The Morgan fingerprint density at radius 2 is 1.89 bits per heavy atom. The summed E-state index contributed by atoms with van der Waals surface area (Å²) in [7, 11) is 1.89. The van der Waals surface area contributed by atoms with Crippen molar-refractivity contribution >= 4 is 17.4 Å². The Hall–Kier alpha value is -4.14. The number of nitrogens with one attached hydrogen (secondary N) is 1. The second-order valence-electron chi connectivity index (χ2n) is 9.44. The highest BCUT2D eigenvalue weighted by Crippen LogP contribution is 2.32. The maximum Gasteiger partial charge on any atom is 0.219 e. The molecule has 0 spiro atoms. The van der Waals surface area contributed by atoms with E-state index in [1.165, 1.54) is 0 Å². The fraction of sp³-hybridized carbons (Fsp3) is 0.333. The molecule has 4 aromatic rings. The molecule has 36 heavy (non-hydrogen) atoms. The number of hydrogen-bond acceptors (Lipinski definition) is 7. The highest BCUT2D eigenvalue weighted by Gasteiger charge is 2.30. The van der Waals surface area contributed by atoms with Crippen molar-refractivity contribution in [3.05, 3.63) is 66.6 Å². The van der Waals surface area contributed by atoms with Gasteiger partial charge in [0.05, 0.1) is 17.6 Å². The van der Waals surface area contributed by atoms with Crippen LogP contribution in [0, 0.1) is 6.92 Å². The van der Waals surface area contributed by atoms with E-state index in [9.17, 15) is 4.79 Å². The lowest BCUT2D eigenvalue weighted by molar-refractivity contribution is -0.132. The summed E-state index contributed by atoms with van der Waals surface area (Å²) >= 11 is 0. The molecule has 5 heterocycles. The first-order chi connectivity index (χ1) is 17.4. The van der Waals surface area contributed by atoms with E-state index in [0.29, 0.717) is 12.4 Å². The molecule has 0 aromatic carbocycles. The van der Waals surface area contributed by atoms with E-state index in [-0.39, 0.29) is 17.9 Å². The first kappa shape index (κ1) is 23.6. The van der Waals surface area contributed by atoms with Crippen molar-refractivity contribution in [1.29, 1.82) is 0 Å². The molecule has 1 amide bonds. The van der Waals surface area contributed by atoms with Gasteiger partial charge in [0.15, 0.2) is 0 Å². The monoisotopic (exact) mass is 482 g/mol. The van der Waals surface area contributed by atoms with Crippen LogP contribution in [0.5, 0.6) is 0 Å². The lowest BCUT2D eigenvalue weighted by Crippen LogP contribution is -2.44. The van der Waals surface area contributed by atoms with Gasteiger partial charge in [0.25, 0.3) is 0 Å². The number of carbonyl (C=O) groups excluding carboxylic acids is 1. The zero-order chi connectivity index (χ0) is 25.2. The molecule has 0 saturated carbocycles. The van der Waals surface area contributed by atoms with Crippen LogP contribution in [0.3, 0.4) is 0 Å². The summed E-state index contributed by atoms with van der Waals surface area (Å²) in [5.74, 6) is 1.57. The van der Waals surface area contributed by atoms with Crippen LogP contribution in [0.15, 0.2) is 55.1 Å². The average Bonchev–Trinajstić information content (AvgIpc) is 3.30. The van der Waals surface area contributed by atoms with Gasteiger partial charge in [0.1, 0.15) is 11.6 Å². The lowest BCUT2D eigenvalue weighted by atomic mass is 9.92. The van der Waals surface area contributed by atoms with E-state index in [2.05, 4.69) is 27.3 Å². The minimum Gasteiger partial charge on any atom is -0.340 e. The molecule has 2 atom stereocenters. The molecule has 184 valence electrons. The van der Waals surface area contributed by atoms with E-state index >= 15 is 0 Å². The van der Waals surface area contributed by atoms with E-state index in [4.69, 9.17) is 9.97 Å². The topological polar surface area (TPSA) is 102 Å².